The molecular formula is C13H15N3O2. The summed E-state index contributed by atoms with van der Waals surface area (Å²) in [5.41, 5.74) is 7.24. The molecule has 0 spiro atoms. The Balaban J connectivity index is 2.25. The van der Waals surface area contributed by atoms with Crippen molar-refractivity contribution in [3.05, 3.63) is 36.5 Å². The quantitative estimate of drug-likeness (QED) is 0.865. The second-order valence-electron chi connectivity index (χ2n) is 3.70. The van der Waals surface area contributed by atoms with Crippen molar-refractivity contribution < 1.29 is 9.47 Å². The number of anilines is 3. The van der Waals surface area contributed by atoms with Gasteiger partial charge in [-0.1, -0.05) is 0 Å². The second kappa shape index (κ2) is 5.27. The van der Waals surface area contributed by atoms with Crippen LogP contribution in [0.5, 0.6) is 11.5 Å². The topological polar surface area (TPSA) is 69.4 Å². The maximum Gasteiger partial charge on any atom is 0.124 e. The second-order valence-corrected chi connectivity index (χ2v) is 3.70. The molecule has 2 rings (SSSR count). The van der Waals surface area contributed by atoms with E-state index in [1.165, 1.54) is 0 Å². The Morgan fingerprint density at radius 1 is 1.00 bits per heavy atom. The number of hydrogen-bond donors (Lipinski definition) is 2. The van der Waals surface area contributed by atoms with Gasteiger partial charge in [0.1, 0.15) is 17.3 Å². The molecule has 0 fully saturated rings. The Morgan fingerprint density at radius 3 is 2.17 bits per heavy atom. The van der Waals surface area contributed by atoms with Crippen LogP contribution < -0.4 is 20.5 Å². The lowest BCUT2D eigenvalue weighted by molar-refractivity contribution is 0.395. The van der Waals surface area contributed by atoms with E-state index in [1.54, 1.807) is 26.5 Å². The van der Waals surface area contributed by atoms with Crippen molar-refractivity contribution in [2.45, 2.75) is 0 Å². The first kappa shape index (κ1) is 12.0. The number of nitrogens with one attached hydrogen (secondary N) is 1. The maximum atomic E-state index is 5.53. The number of benzene rings is 1. The van der Waals surface area contributed by atoms with Crippen LogP contribution in [0.4, 0.5) is 17.2 Å². The van der Waals surface area contributed by atoms with Crippen LogP contribution in [0, 0.1) is 0 Å². The van der Waals surface area contributed by atoms with Crippen LogP contribution in [0.1, 0.15) is 0 Å². The number of pyridine rings is 1. The van der Waals surface area contributed by atoms with Gasteiger partial charge in [-0.2, -0.15) is 0 Å². The molecule has 94 valence electrons. The molecule has 0 saturated carbocycles. The number of ether oxygens (including phenoxy) is 2. The van der Waals surface area contributed by atoms with Crippen LogP contribution in [-0.4, -0.2) is 19.2 Å². The first-order chi connectivity index (χ1) is 8.71. The Bertz CT molecular complexity index is 504. The van der Waals surface area contributed by atoms with E-state index in [1.807, 2.05) is 24.3 Å². The Kier molecular flexibility index (Phi) is 3.52. The molecule has 18 heavy (non-hydrogen) atoms. The van der Waals surface area contributed by atoms with Gasteiger partial charge >= 0.3 is 0 Å². The molecule has 1 aromatic carbocycles. The highest BCUT2D eigenvalue weighted by Crippen LogP contribution is 2.27. The van der Waals surface area contributed by atoms with Gasteiger partial charge in [0.05, 0.1) is 26.1 Å². The van der Waals surface area contributed by atoms with E-state index in [0.29, 0.717) is 5.82 Å². The van der Waals surface area contributed by atoms with E-state index >= 15 is 0 Å². The molecule has 0 saturated heterocycles. The average molecular weight is 245 g/mol. The number of hydrogen-bond acceptors (Lipinski definition) is 5. The number of nitrogens with two attached hydrogens (primary N) is 1. The highest BCUT2D eigenvalue weighted by atomic mass is 16.5. The van der Waals surface area contributed by atoms with Crippen molar-refractivity contribution in [2.24, 2.45) is 0 Å². The molecule has 1 heterocycles. The van der Waals surface area contributed by atoms with E-state index in [0.717, 1.165) is 22.9 Å². The van der Waals surface area contributed by atoms with E-state index in [-0.39, 0.29) is 0 Å². The van der Waals surface area contributed by atoms with Crippen molar-refractivity contribution in [2.75, 3.05) is 25.3 Å². The number of nitrogens with zero attached hydrogens (tertiary/aromatic N) is 1. The van der Waals surface area contributed by atoms with Gasteiger partial charge < -0.3 is 20.5 Å². The molecule has 0 atom stereocenters. The average Bonchev–Trinajstić information content (AvgIpc) is 2.41. The van der Waals surface area contributed by atoms with E-state index in [2.05, 4.69) is 10.3 Å². The lowest BCUT2D eigenvalue weighted by Crippen LogP contribution is -1.95. The van der Waals surface area contributed by atoms with E-state index in [4.69, 9.17) is 15.2 Å². The van der Waals surface area contributed by atoms with Crippen LogP contribution in [0.25, 0.3) is 0 Å². The summed E-state index contributed by atoms with van der Waals surface area (Å²) in [4.78, 5) is 4.01. The summed E-state index contributed by atoms with van der Waals surface area (Å²) in [7, 11) is 3.23. The fourth-order valence-electron chi connectivity index (χ4n) is 1.53. The number of methoxy groups -OCH3 is 2. The zero-order valence-electron chi connectivity index (χ0n) is 10.3. The molecule has 0 aliphatic heterocycles. The van der Waals surface area contributed by atoms with E-state index < -0.39 is 0 Å². The minimum atomic E-state index is 0.490. The van der Waals surface area contributed by atoms with Gasteiger partial charge in [0.25, 0.3) is 0 Å². The zero-order valence-corrected chi connectivity index (χ0v) is 10.3. The van der Waals surface area contributed by atoms with Crippen molar-refractivity contribution >= 4 is 17.2 Å². The fourth-order valence-corrected chi connectivity index (χ4v) is 1.53. The highest BCUT2D eigenvalue weighted by Gasteiger charge is 2.02. The number of nitrogen functional groups attached to an aromatic ring is 1. The number of rotatable bonds is 4. The van der Waals surface area contributed by atoms with Gasteiger partial charge in [0.2, 0.25) is 0 Å². The van der Waals surface area contributed by atoms with Crippen LogP contribution in [-0.2, 0) is 0 Å². The zero-order chi connectivity index (χ0) is 13.0. The van der Waals surface area contributed by atoms with Crippen molar-refractivity contribution in [1.29, 1.82) is 0 Å². The summed E-state index contributed by atoms with van der Waals surface area (Å²) in [5, 5.41) is 3.20. The van der Waals surface area contributed by atoms with Gasteiger partial charge in [-0.15, -0.1) is 0 Å². The SMILES string of the molecule is COc1cc(Nc2ccc(N)nc2)cc(OC)c1. The first-order valence-corrected chi connectivity index (χ1v) is 5.43. The standard InChI is InChI=1S/C13H15N3O2/c1-17-11-5-10(6-12(7-11)18-2)16-9-3-4-13(14)15-8-9/h3-8,16H,1-2H3,(H2,14,15). The Hall–Kier alpha value is -2.43. The summed E-state index contributed by atoms with van der Waals surface area (Å²) < 4.78 is 10.4. The maximum absolute atomic E-state index is 5.53. The molecule has 0 amide bonds. The molecule has 3 N–H and O–H groups in total. The van der Waals surface area contributed by atoms with Gasteiger partial charge in [0, 0.05) is 23.9 Å². The normalized spacial score (nSPS) is 9.89. The molecular weight excluding hydrogens is 230 g/mol. The first-order valence-electron chi connectivity index (χ1n) is 5.43. The monoisotopic (exact) mass is 245 g/mol. The Labute approximate surface area is 106 Å². The van der Waals surface area contributed by atoms with Crippen LogP contribution in [0.15, 0.2) is 36.5 Å². The van der Waals surface area contributed by atoms with Gasteiger partial charge in [-0.3, -0.25) is 0 Å². The third-order valence-corrected chi connectivity index (χ3v) is 2.43. The van der Waals surface area contributed by atoms with Crippen LogP contribution in [0.2, 0.25) is 0 Å². The van der Waals surface area contributed by atoms with Gasteiger partial charge in [0.15, 0.2) is 0 Å². The molecule has 0 aliphatic rings. The summed E-state index contributed by atoms with van der Waals surface area (Å²) in [6, 6.07) is 9.15. The lowest BCUT2D eigenvalue weighted by Gasteiger charge is -2.10. The van der Waals surface area contributed by atoms with Gasteiger partial charge in [-0.25, -0.2) is 4.98 Å². The summed E-state index contributed by atoms with van der Waals surface area (Å²) >= 11 is 0. The molecule has 5 nitrogen and oxygen atoms in total. The van der Waals surface area contributed by atoms with Gasteiger partial charge in [-0.05, 0) is 12.1 Å². The molecule has 1 aromatic heterocycles. The minimum absolute atomic E-state index is 0.490. The smallest absolute Gasteiger partial charge is 0.124 e. The minimum Gasteiger partial charge on any atom is -0.497 e. The Morgan fingerprint density at radius 2 is 1.67 bits per heavy atom. The predicted octanol–water partition coefficient (Wildman–Crippen LogP) is 2.42. The predicted molar refractivity (Wildman–Crippen MR) is 71.5 cm³/mol. The van der Waals surface area contributed by atoms with Crippen molar-refractivity contribution in [3.8, 4) is 11.5 Å². The third kappa shape index (κ3) is 2.82. The van der Waals surface area contributed by atoms with E-state index in [9.17, 15) is 0 Å². The summed E-state index contributed by atoms with van der Waals surface area (Å²) in [5.74, 6) is 1.93. The highest BCUT2D eigenvalue weighted by molar-refractivity contribution is 5.63. The number of aromatic nitrogens is 1. The molecule has 5 heteroatoms. The largest absolute Gasteiger partial charge is 0.497 e. The fraction of sp³-hybridized carbons (Fsp3) is 0.154. The van der Waals surface area contributed by atoms with Crippen LogP contribution in [0.3, 0.4) is 0 Å². The third-order valence-electron chi connectivity index (χ3n) is 2.43. The summed E-state index contributed by atoms with van der Waals surface area (Å²) in [6.45, 7) is 0. The lowest BCUT2D eigenvalue weighted by atomic mass is 10.2. The molecule has 2 aromatic rings. The molecule has 0 unspecified atom stereocenters. The molecule has 0 bridgehead atoms. The molecule has 0 radical (unpaired) electrons. The van der Waals surface area contributed by atoms with Crippen LogP contribution >= 0.6 is 0 Å². The summed E-state index contributed by atoms with van der Waals surface area (Å²) in [6.07, 6.45) is 1.67. The molecule has 0 aliphatic carbocycles. The van der Waals surface area contributed by atoms with Crippen molar-refractivity contribution in [1.82, 2.24) is 4.98 Å². The van der Waals surface area contributed by atoms with Crippen molar-refractivity contribution in [3.63, 3.8) is 0 Å².